The van der Waals surface area contributed by atoms with E-state index < -0.39 is 0 Å². The van der Waals surface area contributed by atoms with Gasteiger partial charge in [0.1, 0.15) is 11.3 Å². The predicted molar refractivity (Wildman–Crippen MR) is 92.2 cm³/mol. The molecule has 4 aromatic rings. The monoisotopic (exact) mass is 301 g/mol. The van der Waals surface area contributed by atoms with E-state index in [-0.39, 0.29) is 5.43 Å². The quantitative estimate of drug-likeness (QED) is 0.518. The third kappa shape index (κ3) is 3.71. The Bertz CT molecular complexity index is 905. The Balaban J connectivity index is 0.000000220. The maximum atomic E-state index is 11.9. The van der Waals surface area contributed by atoms with E-state index in [1.807, 2.05) is 66.7 Å². The van der Waals surface area contributed by atoms with Crippen molar-refractivity contribution in [3.05, 3.63) is 101 Å². The van der Waals surface area contributed by atoms with Gasteiger partial charge in [-0.3, -0.25) is 9.78 Å². The van der Waals surface area contributed by atoms with Crippen molar-refractivity contribution in [2.45, 2.75) is 0 Å². The Morgan fingerprint density at radius 2 is 1.39 bits per heavy atom. The van der Waals surface area contributed by atoms with Crippen LogP contribution in [0.3, 0.4) is 0 Å². The third-order valence-electron chi connectivity index (χ3n) is 3.26. The number of pyridine rings is 1. The molecule has 2 aromatic carbocycles. The zero-order valence-electron chi connectivity index (χ0n) is 12.4. The molecule has 0 amide bonds. The van der Waals surface area contributed by atoms with Crippen LogP contribution in [0.1, 0.15) is 0 Å². The van der Waals surface area contributed by atoms with Crippen molar-refractivity contribution in [3.63, 3.8) is 0 Å². The van der Waals surface area contributed by atoms with Crippen LogP contribution < -0.4 is 5.43 Å². The number of aromatic nitrogens is 1. The Labute approximate surface area is 133 Å². The van der Waals surface area contributed by atoms with Gasteiger partial charge in [-0.15, -0.1) is 0 Å². The van der Waals surface area contributed by atoms with Gasteiger partial charge in [-0.05, 0) is 24.3 Å². The fourth-order valence-corrected chi connectivity index (χ4v) is 2.16. The van der Waals surface area contributed by atoms with Crippen LogP contribution in [-0.2, 0) is 0 Å². The molecule has 0 aliphatic rings. The highest BCUT2D eigenvalue weighted by Crippen LogP contribution is 2.21. The van der Waals surface area contributed by atoms with Gasteiger partial charge in [-0.2, -0.15) is 0 Å². The summed E-state index contributed by atoms with van der Waals surface area (Å²) in [5.41, 5.74) is 1.53. The second-order valence-electron chi connectivity index (χ2n) is 4.86. The number of benzene rings is 2. The summed E-state index contributed by atoms with van der Waals surface area (Å²) in [6.07, 6.45) is 3.50. The van der Waals surface area contributed by atoms with Crippen LogP contribution in [0.2, 0.25) is 0 Å². The molecule has 0 spiro atoms. The summed E-state index contributed by atoms with van der Waals surface area (Å²) in [5, 5.41) is 0.618. The standard InChI is InChI=1S/C15H10O2.C5H5N/c16-13-10-15(11-6-2-1-3-7-11)17-14-9-5-4-8-12(13)14;1-2-4-6-5-3-1/h1-10H;1-5H. The Morgan fingerprint density at radius 1 is 0.739 bits per heavy atom. The molecule has 2 heterocycles. The minimum atomic E-state index is -0.00861. The first-order chi connectivity index (χ1) is 11.3. The summed E-state index contributed by atoms with van der Waals surface area (Å²) >= 11 is 0. The van der Waals surface area contributed by atoms with Crippen LogP contribution in [0.5, 0.6) is 0 Å². The van der Waals surface area contributed by atoms with Crippen molar-refractivity contribution in [3.8, 4) is 11.3 Å². The largest absolute Gasteiger partial charge is 0.456 e. The minimum Gasteiger partial charge on any atom is -0.456 e. The van der Waals surface area contributed by atoms with Crippen molar-refractivity contribution in [2.75, 3.05) is 0 Å². The lowest BCUT2D eigenvalue weighted by Gasteiger charge is -2.02. The van der Waals surface area contributed by atoms with Crippen LogP contribution >= 0.6 is 0 Å². The second-order valence-corrected chi connectivity index (χ2v) is 4.86. The van der Waals surface area contributed by atoms with Gasteiger partial charge in [0.15, 0.2) is 5.43 Å². The van der Waals surface area contributed by atoms with E-state index >= 15 is 0 Å². The molecule has 0 saturated carbocycles. The van der Waals surface area contributed by atoms with Crippen LogP contribution in [0.15, 0.2) is 100 Å². The molecule has 4 rings (SSSR count). The highest BCUT2D eigenvalue weighted by Gasteiger charge is 2.05. The topological polar surface area (TPSA) is 43.1 Å². The summed E-state index contributed by atoms with van der Waals surface area (Å²) in [6, 6.07) is 24.2. The normalized spacial score (nSPS) is 9.91. The Morgan fingerprint density at radius 3 is 2.04 bits per heavy atom. The van der Waals surface area contributed by atoms with Crippen LogP contribution in [-0.4, -0.2) is 4.98 Å². The number of hydrogen-bond donors (Lipinski definition) is 0. The summed E-state index contributed by atoms with van der Waals surface area (Å²) in [5.74, 6) is 0.606. The van der Waals surface area contributed by atoms with E-state index in [9.17, 15) is 4.79 Å². The molecule has 0 aliphatic carbocycles. The molecule has 0 saturated heterocycles. The third-order valence-corrected chi connectivity index (χ3v) is 3.26. The molecule has 112 valence electrons. The van der Waals surface area contributed by atoms with E-state index in [1.165, 1.54) is 6.07 Å². The molecule has 0 fully saturated rings. The fourth-order valence-electron chi connectivity index (χ4n) is 2.16. The summed E-state index contributed by atoms with van der Waals surface area (Å²) in [7, 11) is 0. The van der Waals surface area contributed by atoms with Crippen LogP contribution in [0, 0.1) is 0 Å². The predicted octanol–water partition coefficient (Wildman–Crippen LogP) is 4.54. The smallest absolute Gasteiger partial charge is 0.193 e. The molecular weight excluding hydrogens is 286 g/mol. The molecule has 3 heteroatoms. The highest BCUT2D eigenvalue weighted by molar-refractivity contribution is 5.78. The molecule has 0 radical (unpaired) electrons. The van der Waals surface area contributed by atoms with E-state index in [1.54, 1.807) is 18.5 Å². The zero-order valence-corrected chi connectivity index (χ0v) is 12.4. The van der Waals surface area contributed by atoms with Crippen molar-refractivity contribution in [1.82, 2.24) is 4.98 Å². The van der Waals surface area contributed by atoms with Crippen molar-refractivity contribution >= 4 is 11.0 Å². The van der Waals surface area contributed by atoms with Gasteiger partial charge in [0.05, 0.1) is 5.39 Å². The van der Waals surface area contributed by atoms with Gasteiger partial charge >= 0.3 is 0 Å². The molecule has 0 atom stereocenters. The Hall–Kier alpha value is -3.20. The zero-order chi connectivity index (χ0) is 15.9. The molecule has 23 heavy (non-hydrogen) atoms. The average molecular weight is 301 g/mol. The lowest BCUT2D eigenvalue weighted by molar-refractivity contribution is 0.619. The molecular formula is C20H15NO2. The lowest BCUT2D eigenvalue weighted by atomic mass is 10.1. The molecule has 3 nitrogen and oxygen atoms in total. The number of hydrogen-bond acceptors (Lipinski definition) is 3. The summed E-state index contributed by atoms with van der Waals surface area (Å²) in [4.78, 5) is 15.7. The molecule has 0 bridgehead atoms. The Kier molecular flexibility index (Phi) is 4.60. The number of nitrogens with zero attached hydrogens (tertiary/aromatic N) is 1. The van der Waals surface area contributed by atoms with Gasteiger partial charge in [-0.25, -0.2) is 0 Å². The van der Waals surface area contributed by atoms with Crippen molar-refractivity contribution in [1.29, 1.82) is 0 Å². The minimum absolute atomic E-state index is 0.00861. The van der Waals surface area contributed by atoms with Gasteiger partial charge in [-0.1, -0.05) is 48.5 Å². The first-order valence-electron chi connectivity index (χ1n) is 7.28. The van der Waals surface area contributed by atoms with E-state index in [0.717, 1.165) is 5.56 Å². The average Bonchev–Trinajstić information content (AvgIpc) is 2.64. The van der Waals surface area contributed by atoms with Gasteiger partial charge in [0, 0.05) is 24.0 Å². The van der Waals surface area contributed by atoms with E-state index in [4.69, 9.17) is 4.42 Å². The first kappa shape index (κ1) is 14.7. The second kappa shape index (κ2) is 7.18. The number of rotatable bonds is 1. The molecule has 0 aliphatic heterocycles. The van der Waals surface area contributed by atoms with Gasteiger partial charge in [0.2, 0.25) is 0 Å². The van der Waals surface area contributed by atoms with Crippen molar-refractivity contribution < 1.29 is 4.42 Å². The molecule has 2 aromatic heterocycles. The van der Waals surface area contributed by atoms with E-state index in [0.29, 0.717) is 16.7 Å². The van der Waals surface area contributed by atoms with Gasteiger partial charge < -0.3 is 4.42 Å². The summed E-state index contributed by atoms with van der Waals surface area (Å²) < 4.78 is 5.73. The highest BCUT2D eigenvalue weighted by atomic mass is 16.3. The van der Waals surface area contributed by atoms with Crippen LogP contribution in [0.25, 0.3) is 22.3 Å². The first-order valence-corrected chi connectivity index (χ1v) is 7.28. The van der Waals surface area contributed by atoms with Gasteiger partial charge in [0.25, 0.3) is 0 Å². The number of fused-ring (bicyclic) bond motifs is 1. The van der Waals surface area contributed by atoms with Crippen LogP contribution in [0.4, 0.5) is 0 Å². The van der Waals surface area contributed by atoms with E-state index in [2.05, 4.69) is 4.98 Å². The molecule has 0 N–H and O–H groups in total. The maximum Gasteiger partial charge on any atom is 0.193 e. The molecule has 0 unspecified atom stereocenters. The SMILES string of the molecule is O=c1cc(-c2ccccc2)oc2ccccc12.c1ccncc1. The summed E-state index contributed by atoms with van der Waals surface area (Å²) in [6.45, 7) is 0. The van der Waals surface area contributed by atoms with Crippen molar-refractivity contribution in [2.24, 2.45) is 0 Å². The fraction of sp³-hybridized carbons (Fsp3) is 0. The number of para-hydroxylation sites is 1. The maximum absolute atomic E-state index is 11.9. The lowest BCUT2D eigenvalue weighted by Crippen LogP contribution is -1.99.